The smallest absolute Gasteiger partial charge is 0.338 e. The third-order valence-electron chi connectivity index (χ3n) is 3.98. The lowest BCUT2D eigenvalue weighted by Gasteiger charge is -2.28. The number of anilines is 1. The fourth-order valence-corrected chi connectivity index (χ4v) is 4.54. The van der Waals surface area contributed by atoms with Crippen LogP contribution in [-0.2, 0) is 9.53 Å². The van der Waals surface area contributed by atoms with E-state index in [2.05, 4.69) is 35.3 Å². The molecule has 1 atom stereocenters. The van der Waals surface area contributed by atoms with Crippen molar-refractivity contribution in [1.82, 2.24) is 14.8 Å². The van der Waals surface area contributed by atoms with Crippen molar-refractivity contribution in [2.24, 2.45) is 0 Å². The van der Waals surface area contributed by atoms with Crippen molar-refractivity contribution in [3.05, 3.63) is 33.2 Å². The predicted octanol–water partition coefficient (Wildman–Crippen LogP) is 4.39. The summed E-state index contributed by atoms with van der Waals surface area (Å²) in [6.45, 7) is 9.79. The van der Waals surface area contributed by atoms with Crippen molar-refractivity contribution in [1.29, 1.82) is 0 Å². The molecule has 26 heavy (non-hydrogen) atoms. The molecule has 0 aromatic carbocycles. The maximum Gasteiger partial charge on any atom is 0.338 e. The number of ether oxygens (including phenoxy) is 1. The van der Waals surface area contributed by atoms with Gasteiger partial charge in [-0.3, -0.25) is 0 Å². The Labute approximate surface area is 162 Å². The largest absolute Gasteiger partial charge is 0.459 e. The molecule has 0 aliphatic carbocycles. The van der Waals surface area contributed by atoms with Crippen LogP contribution in [0.25, 0.3) is 0 Å². The topological polar surface area (TPSA) is 69.0 Å². The Morgan fingerprint density at radius 2 is 2.23 bits per heavy atom. The number of esters is 1. The minimum absolute atomic E-state index is 0.180. The van der Waals surface area contributed by atoms with E-state index in [1.54, 1.807) is 23.1 Å². The lowest BCUT2D eigenvalue weighted by molar-refractivity contribution is -0.143. The van der Waals surface area contributed by atoms with Gasteiger partial charge < -0.3 is 10.1 Å². The first-order valence-electron chi connectivity index (χ1n) is 8.74. The number of hydrogen-bond donors (Lipinski definition) is 1. The number of aromatic nitrogens is 3. The number of aryl methyl sites for hydroxylation is 1. The van der Waals surface area contributed by atoms with Gasteiger partial charge in [-0.1, -0.05) is 18.7 Å². The monoisotopic (exact) mass is 392 g/mol. The minimum Gasteiger partial charge on any atom is -0.459 e. The number of nitrogens with one attached hydrogen (secondary N) is 1. The summed E-state index contributed by atoms with van der Waals surface area (Å²) in [5, 5.41) is 10.7. The average Bonchev–Trinajstić information content (AvgIpc) is 3.16. The second-order valence-corrected chi connectivity index (χ2v) is 8.51. The maximum absolute atomic E-state index is 12.8. The van der Waals surface area contributed by atoms with Gasteiger partial charge in [-0.15, -0.1) is 16.4 Å². The number of carbonyl (C=O) groups is 1. The highest BCUT2D eigenvalue weighted by molar-refractivity contribution is 7.99. The van der Waals surface area contributed by atoms with Crippen LogP contribution in [0.4, 0.5) is 5.95 Å². The molecule has 0 fully saturated rings. The average molecular weight is 393 g/mol. The van der Waals surface area contributed by atoms with Crippen molar-refractivity contribution < 1.29 is 9.53 Å². The van der Waals surface area contributed by atoms with E-state index in [4.69, 9.17) is 4.74 Å². The highest BCUT2D eigenvalue weighted by Crippen LogP contribution is 2.40. The van der Waals surface area contributed by atoms with Crippen molar-refractivity contribution in [2.75, 3.05) is 11.1 Å². The molecule has 0 saturated carbocycles. The number of thioether (sulfide) groups is 1. The van der Waals surface area contributed by atoms with Crippen molar-refractivity contribution >= 4 is 35.0 Å². The van der Waals surface area contributed by atoms with Crippen LogP contribution in [0, 0.1) is 6.92 Å². The summed E-state index contributed by atoms with van der Waals surface area (Å²) in [6, 6.07) is 1.74. The summed E-state index contributed by atoms with van der Waals surface area (Å²) in [6.07, 6.45) is 0.874. The zero-order valence-corrected chi connectivity index (χ0v) is 17.3. The Balaban J connectivity index is 2.08. The lowest BCUT2D eigenvalue weighted by atomic mass is 10.00. The molecule has 8 heteroatoms. The van der Waals surface area contributed by atoms with E-state index in [1.165, 1.54) is 0 Å². The Bertz CT molecular complexity index is 838. The normalized spacial score (nSPS) is 16.6. The standard InChI is InChI=1S/C18H24N4O2S2/c1-6-8-26-18-20-17-19-12(5)13(16(23)24-10(2)3)14(22(17)21-18)15-11(4)7-9-25-15/h7,9-10,14H,6,8H2,1-5H3,(H,19,20,21). The quantitative estimate of drug-likeness (QED) is 0.581. The number of nitrogens with zero attached hydrogens (tertiary/aromatic N) is 3. The van der Waals surface area contributed by atoms with Gasteiger partial charge in [0.15, 0.2) is 0 Å². The number of hydrogen-bond acceptors (Lipinski definition) is 7. The molecule has 140 valence electrons. The van der Waals surface area contributed by atoms with Gasteiger partial charge in [0.25, 0.3) is 0 Å². The fourth-order valence-electron chi connectivity index (χ4n) is 2.83. The summed E-state index contributed by atoms with van der Waals surface area (Å²) in [5.74, 6) is 1.31. The molecule has 1 N–H and O–H groups in total. The molecule has 0 amide bonds. The molecule has 0 radical (unpaired) electrons. The van der Waals surface area contributed by atoms with Gasteiger partial charge in [0, 0.05) is 16.3 Å². The molecule has 3 rings (SSSR count). The zero-order valence-electron chi connectivity index (χ0n) is 15.7. The number of rotatable bonds is 6. The molecular weight excluding hydrogens is 368 g/mol. The van der Waals surface area contributed by atoms with Crippen LogP contribution in [0.3, 0.4) is 0 Å². The molecule has 2 aromatic heterocycles. The molecule has 1 aliphatic heterocycles. The summed E-state index contributed by atoms with van der Waals surface area (Å²) in [4.78, 5) is 18.5. The van der Waals surface area contributed by atoms with E-state index in [0.29, 0.717) is 11.5 Å². The first-order valence-corrected chi connectivity index (χ1v) is 10.6. The molecule has 1 aliphatic rings. The molecule has 6 nitrogen and oxygen atoms in total. The maximum atomic E-state index is 12.8. The van der Waals surface area contributed by atoms with Crippen LogP contribution < -0.4 is 5.32 Å². The molecular formula is C18H24N4O2S2. The van der Waals surface area contributed by atoms with E-state index in [-0.39, 0.29) is 18.1 Å². The zero-order chi connectivity index (χ0) is 18.8. The highest BCUT2D eigenvalue weighted by Gasteiger charge is 2.36. The van der Waals surface area contributed by atoms with E-state index in [0.717, 1.165) is 33.5 Å². The van der Waals surface area contributed by atoms with Crippen LogP contribution in [-0.4, -0.2) is 32.6 Å². The first kappa shape index (κ1) is 19.0. The van der Waals surface area contributed by atoms with Gasteiger partial charge in [0.2, 0.25) is 11.1 Å². The van der Waals surface area contributed by atoms with E-state index >= 15 is 0 Å². The van der Waals surface area contributed by atoms with Gasteiger partial charge in [0.1, 0.15) is 6.04 Å². The van der Waals surface area contributed by atoms with Crippen LogP contribution in [0.1, 0.15) is 50.6 Å². The van der Waals surface area contributed by atoms with E-state index < -0.39 is 0 Å². The molecule has 0 spiro atoms. The molecule has 3 heterocycles. The molecule has 2 aromatic rings. The van der Waals surface area contributed by atoms with Crippen LogP contribution >= 0.6 is 23.1 Å². The third-order valence-corrected chi connectivity index (χ3v) is 6.10. The molecule has 0 bridgehead atoms. The second kappa shape index (κ2) is 7.84. The minimum atomic E-state index is -0.319. The summed E-state index contributed by atoms with van der Waals surface area (Å²) >= 11 is 3.25. The van der Waals surface area contributed by atoms with Crippen molar-refractivity contribution in [3.63, 3.8) is 0 Å². The van der Waals surface area contributed by atoms with E-state index in [9.17, 15) is 4.79 Å². The second-order valence-electron chi connectivity index (χ2n) is 6.50. The fraction of sp³-hybridized carbons (Fsp3) is 0.500. The Kier molecular flexibility index (Phi) is 5.72. The van der Waals surface area contributed by atoms with Gasteiger partial charge in [-0.25, -0.2) is 9.48 Å². The molecule has 1 unspecified atom stereocenters. The number of carbonyl (C=O) groups excluding carboxylic acids is 1. The van der Waals surface area contributed by atoms with Crippen molar-refractivity contribution in [2.45, 2.75) is 58.3 Å². The Morgan fingerprint density at radius 3 is 2.85 bits per heavy atom. The van der Waals surface area contributed by atoms with Crippen LogP contribution in [0.15, 0.2) is 27.9 Å². The van der Waals surface area contributed by atoms with Gasteiger partial charge in [-0.2, -0.15) is 4.98 Å². The Morgan fingerprint density at radius 1 is 1.46 bits per heavy atom. The third kappa shape index (κ3) is 3.66. The van der Waals surface area contributed by atoms with Crippen LogP contribution in [0.5, 0.6) is 0 Å². The lowest BCUT2D eigenvalue weighted by Crippen LogP contribution is -2.30. The van der Waals surface area contributed by atoms with Crippen LogP contribution in [0.2, 0.25) is 0 Å². The highest BCUT2D eigenvalue weighted by atomic mass is 32.2. The number of fused-ring (bicyclic) bond motifs is 1. The predicted molar refractivity (Wildman–Crippen MR) is 106 cm³/mol. The van der Waals surface area contributed by atoms with Gasteiger partial charge in [0.05, 0.1) is 11.7 Å². The van der Waals surface area contributed by atoms with Crippen molar-refractivity contribution in [3.8, 4) is 0 Å². The van der Waals surface area contributed by atoms with Gasteiger partial charge >= 0.3 is 5.97 Å². The summed E-state index contributed by atoms with van der Waals surface area (Å²) in [7, 11) is 0. The Hall–Kier alpha value is -1.80. The molecule has 0 saturated heterocycles. The SMILES string of the molecule is CCCSc1nc2n(n1)C(c1sccc1C)C(C(=O)OC(C)C)=C(C)N2. The number of allylic oxidation sites excluding steroid dienone is 1. The number of thiophene rings is 1. The van der Waals surface area contributed by atoms with Gasteiger partial charge in [-0.05, 0) is 51.1 Å². The summed E-state index contributed by atoms with van der Waals surface area (Å²) < 4.78 is 7.34. The summed E-state index contributed by atoms with van der Waals surface area (Å²) in [5.41, 5.74) is 2.49. The van der Waals surface area contributed by atoms with E-state index in [1.807, 2.05) is 30.8 Å². The first-order chi connectivity index (χ1) is 12.4.